The second-order valence-electron chi connectivity index (χ2n) is 8.53. The maximum atomic E-state index is 12.9. The van der Waals surface area contributed by atoms with Gasteiger partial charge in [-0.1, -0.05) is 30.3 Å². The number of amides is 4. The van der Waals surface area contributed by atoms with E-state index in [1.54, 1.807) is 12.0 Å². The van der Waals surface area contributed by atoms with Crippen LogP contribution in [0.2, 0.25) is 0 Å². The van der Waals surface area contributed by atoms with Gasteiger partial charge in [-0.15, -0.1) is 0 Å². The van der Waals surface area contributed by atoms with Gasteiger partial charge in [0.2, 0.25) is 5.91 Å². The first-order valence-corrected chi connectivity index (χ1v) is 11.4. The molecule has 176 valence electrons. The number of hydrogen-bond acceptors (Lipinski definition) is 5. The number of ether oxygens (including phenoxy) is 1. The summed E-state index contributed by atoms with van der Waals surface area (Å²) in [5.74, 6) is 0.204. The van der Waals surface area contributed by atoms with Gasteiger partial charge in [0.15, 0.2) is 0 Å². The van der Waals surface area contributed by atoms with Gasteiger partial charge in [0, 0.05) is 49.7 Å². The predicted molar refractivity (Wildman–Crippen MR) is 128 cm³/mol. The highest BCUT2D eigenvalue weighted by Crippen LogP contribution is 2.28. The van der Waals surface area contributed by atoms with E-state index < -0.39 is 12.1 Å². The summed E-state index contributed by atoms with van der Waals surface area (Å²) in [4.78, 5) is 46.5. The highest BCUT2D eigenvalue weighted by atomic mass is 16.5. The van der Waals surface area contributed by atoms with Crippen molar-refractivity contribution in [3.05, 3.63) is 60.3 Å². The molecule has 0 bridgehead atoms. The molecule has 2 aromatic carbocycles. The summed E-state index contributed by atoms with van der Waals surface area (Å²) in [5, 5.41) is 3.76. The van der Waals surface area contributed by atoms with Gasteiger partial charge >= 0.3 is 6.03 Å². The molecule has 2 fully saturated rings. The van der Waals surface area contributed by atoms with Gasteiger partial charge in [-0.2, -0.15) is 0 Å². The normalized spacial score (nSPS) is 18.5. The highest BCUT2D eigenvalue weighted by molar-refractivity contribution is 6.06. The lowest BCUT2D eigenvalue weighted by Crippen LogP contribution is -2.52. The zero-order valence-corrected chi connectivity index (χ0v) is 19.0. The molecule has 2 aliphatic rings. The number of para-hydroxylation sites is 3. The molecule has 5 rings (SSSR count). The minimum absolute atomic E-state index is 0.226. The molecule has 1 atom stereocenters. The largest absolute Gasteiger partial charge is 0.495 e. The van der Waals surface area contributed by atoms with E-state index in [1.807, 2.05) is 54.7 Å². The maximum absolute atomic E-state index is 12.9. The highest BCUT2D eigenvalue weighted by Gasteiger charge is 2.40. The standard InChI is InChI=1S/C25H27N5O4/c1-34-22-9-5-4-8-21(22)28-10-12-29(13-11-28)23(31)16-30-24(32)20(27-25(30)33)14-17-15-26-19-7-3-2-6-18(17)19/h2-9,15,20,26H,10-14,16H2,1H3,(H,27,33)/t20-/m0/s1. The molecular weight excluding hydrogens is 434 g/mol. The van der Waals surface area contributed by atoms with Gasteiger partial charge in [0.1, 0.15) is 18.3 Å². The lowest BCUT2D eigenvalue weighted by molar-refractivity contribution is -0.137. The fourth-order valence-corrected chi connectivity index (χ4v) is 4.71. The molecule has 34 heavy (non-hydrogen) atoms. The van der Waals surface area contributed by atoms with Crippen LogP contribution in [0.5, 0.6) is 5.75 Å². The van der Waals surface area contributed by atoms with Crippen molar-refractivity contribution >= 4 is 34.4 Å². The number of aromatic amines is 1. The number of aromatic nitrogens is 1. The molecule has 0 spiro atoms. The number of methoxy groups -OCH3 is 1. The van der Waals surface area contributed by atoms with Crippen molar-refractivity contribution in [1.29, 1.82) is 0 Å². The molecule has 0 radical (unpaired) electrons. The molecule has 0 aliphatic carbocycles. The maximum Gasteiger partial charge on any atom is 0.325 e. The molecule has 4 amide bonds. The van der Waals surface area contributed by atoms with E-state index in [0.29, 0.717) is 32.6 Å². The number of rotatable bonds is 6. The number of carbonyl (C=O) groups excluding carboxylic acids is 3. The van der Waals surface area contributed by atoms with E-state index in [0.717, 1.165) is 32.8 Å². The van der Waals surface area contributed by atoms with Crippen LogP contribution in [-0.4, -0.2) is 78.5 Å². The van der Waals surface area contributed by atoms with Gasteiger partial charge in [-0.3, -0.25) is 14.5 Å². The number of nitrogens with one attached hydrogen (secondary N) is 2. The number of anilines is 1. The summed E-state index contributed by atoms with van der Waals surface area (Å²) in [6.45, 7) is 2.08. The Morgan fingerprint density at radius 2 is 1.76 bits per heavy atom. The molecule has 0 saturated carbocycles. The Morgan fingerprint density at radius 3 is 2.56 bits per heavy atom. The van der Waals surface area contributed by atoms with Crippen LogP contribution in [0.3, 0.4) is 0 Å². The van der Waals surface area contributed by atoms with Crippen molar-refractivity contribution in [3.8, 4) is 5.75 Å². The molecule has 9 nitrogen and oxygen atoms in total. The Bertz CT molecular complexity index is 1230. The second kappa shape index (κ2) is 9.09. The number of nitrogens with zero attached hydrogens (tertiary/aromatic N) is 3. The molecule has 0 unspecified atom stereocenters. The summed E-state index contributed by atoms with van der Waals surface area (Å²) < 4.78 is 5.44. The number of carbonyl (C=O) groups is 3. The van der Waals surface area contributed by atoms with Gasteiger partial charge in [-0.25, -0.2) is 4.79 Å². The zero-order valence-electron chi connectivity index (χ0n) is 19.0. The third kappa shape index (κ3) is 4.05. The predicted octanol–water partition coefficient (Wildman–Crippen LogP) is 1.99. The van der Waals surface area contributed by atoms with Crippen LogP contribution < -0.4 is 15.0 Å². The Labute approximate surface area is 197 Å². The van der Waals surface area contributed by atoms with E-state index in [-0.39, 0.29) is 18.4 Å². The van der Waals surface area contributed by atoms with Gasteiger partial charge in [-0.05, 0) is 23.8 Å². The first-order chi connectivity index (χ1) is 16.5. The lowest BCUT2D eigenvalue weighted by atomic mass is 10.1. The van der Waals surface area contributed by atoms with Crippen LogP contribution in [0.1, 0.15) is 5.56 Å². The summed E-state index contributed by atoms with van der Waals surface area (Å²) in [6, 6.07) is 14.4. The number of imide groups is 1. The fraction of sp³-hybridized carbons (Fsp3) is 0.320. The van der Waals surface area contributed by atoms with Crippen molar-refractivity contribution < 1.29 is 19.1 Å². The van der Waals surface area contributed by atoms with Gasteiger partial charge < -0.3 is 24.8 Å². The summed E-state index contributed by atoms with van der Waals surface area (Å²) >= 11 is 0. The molecule has 3 aromatic rings. The monoisotopic (exact) mass is 461 g/mol. The van der Waals surface area contributed by atoms with Crippen molar-refractivity contribution in [1.82, 2.24) is 20.1 Å². The minimum atomic E-state index is -0.679. The van der Waals surface area contributed by atoms with Gasteiger partial charge in [0.25, 0.3) is 5.91 Å². The topological polar surface area (TPSA) is 98.0 Å². The van der Waals surface area contributed by atoms with Crippen LogP contribution in [0.15, 0.2) is 54.7 Å². The molecule has 9 heteroatoms. The van der Waals surface area contributed by atoms with Crippen LogP contribution in [0.25, 0.3) is 10.9 Å². The molecule has 2 saturated heterocycles. The smallest absolute Gasteiger partial charge is 0.325 e. The van der Waals surface area contributed by atoms with E-state index in [2.05, 4.69) is 15.2 Å². The zero-order chi connectivity index (χ0) is 23.7. The summed E-state index contributed by atoms with van der Waals surface area (Å²) in [6.07, 6.45) is 2.23. The van der Waals surface area contributed by atoms with E-state index >= 15 is 0 Å². The Morgan fingerprint density at radius 1 is 1.03 bits per heavy atom. The van der Waals surface area contributed by atoms with Gasteiger partial charge in [0.05, 0.1) is 12.8 Å². The number of H-pyrrole nitrogens is 1. The third-order valence-electron chi connectivity index (χ3n) is 6.56. The van der Waals surface area contributed by atoms with E-state index in [9.17, 15) is 14.4 Å². The average Bonchev–Trinajstić information content (AvgIpc) is 3.40. The number of piperazine rings is 1. The molecular formula is C25H27N5O4. The van der Waals surface area contributed by atoms with Crippen LogP contribution >= 0.6 is 0 Å². The quantitative estimate of drug-likeness (QED) is 0.547. The molecule has 1 aromatic heterocycles. The number of fused-ring (bicyclic) bond motifs is 1. The number of hydrogen-bond donors (Lipinski definition) is 2. The van der Waals surface area contributed by atoms with Crippen LogP contribution in [0.4, 0.5) is 10.5 Å². The second-order valence-corrected chi connectivity index (χ2v) is 8.53. The lowest BCUT2D eigenvalue weighted by Gasteiger charge is -2.37. The number of benzene rings is 2. The van der Waals surface area contributed by atoms with E-state index in [1.165, 1.54) is 0 Å². The average molecular weight is 462 g/mol. The Hall–Kier alpha value is -4.01. The first kappa shape index (κ1) is 21.8. The molecule has 2 N–H and O–H groups in total. The number of urea groups is 1. The van der Waals surface area contributed by atoms with Crippen molar-refractivity contribution in [2.45, 2.75) is 12.5 Å². The Kier molecular flexibility index (Phi) is 5.83. The summed E-state index contributed by atoms with van der Waals surface area (Å²) in [7, 11) is 1.64. The molecule has 3 heterocycles. The Balaban J connectivity index is 1.19. The van der Waals surface area contributed by atoms with Crippen molar-refractivity contribution in [3.63, 3.8) is 0 Å². The molecule has 2 aliphatic heterocycles. The fourth-order valence-electron chi connectivity index (χ4n) is 4.71. The van der Waals surface area contributed by atoms with Crippen molar-refractivity contribution in [2.75, 3.05) is 44.7 Å². The first-order valence-electron chi connectivity index (χ1n) is 11.4. The SMILES string of the molecule is COc1ccccc1N1CCN(C(=O)CN2C(=O)N[C@@H](Cc3c[nH]c4ccccc34)C2=O)CC1. The van der Waals surface area contributed by atoms with Crippen molar-refractivity contribution in [2.24, 2.45) is 0 Å². The van der Waals surface area contributed by atoms with E-state index in [4.69, 9.17) is 4.74 Å². The van der Waals surface area contributed by atoms with Crippen LogP contribution in [-0.2, 0) is 16.0 Å². The minimum Gasteiger partial charge on any atom is -0.495 e. The van der Waals surface area contributed by atoms with Crippen LogP contribution in [0, 0.1) is 0 Å². The summed E-state index contributed by atoms with van der Waals surface area (Å²) in [5.41, 5.74) is 2.93. The third-order valence-corrected chi connectivity index (χ3v) is 6.56.